The Hall–Kier alpha value is -4.24. The van der Waals surface area contributed by atoms with Gasteiger partial charge in [0, 0.05) is 23.7 Å². The van der Waals surface area contributed by atoms with Crippen molar-refractivity contribution in [1.29, 1.82) is 0 Å². The fourth-order valence-electron chi connectivity index (χ4n) is 6.64. The molecule has 7 rings (SSSR count). The zero-order chi connectivity index (χ0) is 35.5. The van der Waals surface area contributed by atoms with Gasteiger partial charge in [-0.15, -0.1) is 11.3 Å². The molecule has 2 fully saturated rings. The molecule has 5 aromatic rings. The number of nitrogens with zero attached hydrogens (tertiary/aromatic N) is 4. The molecule has 2 saturated carbocycles. The highest BCUT2D eigenvalue weighted by atomic mass is 32.2. The van der Waals surface area contributed by atoms with Gasteiger partial charge < -0.3 is 10.6 Å². The fraction of sp³-hybridized carbons (Fsp3) is 0.371. The van der Waals surface area contributed by atoms with Crippen molar-refractivity contribution in [1.82, 2.24) is 19.9 Å². The van der Waals surface area contributed by atoms with E-state index < -0.39 is 56.1 Å². The summed E-state index contributed by atoms with van der Waals surface area (Å²) in [7, 11) is -3.66. The lowest BCUT2D eigenvalue weighted by Crippen LogP contribution is -2.21. The van der Waals surface area contributed by atoms with Gasteiger partial charge in [0.25, 0.3) is 0 Å². The van der Waals surface area contributed by atoms with Crippen LogP contribution in [0.25, 0.3) is 20.8 Å². The highest BCUT2D eigenvalue weighted by Gasteiger charge is 2.33. The number of pyridine rings is 1. The SMILES string of the molecule is Cc1nc(NC(C)c2c(F)c(F)c(C)c(F)c2F)nc(NC2CCC(CS(=O)(=O)c3ccc(F)cc3)C2)c1-c1nc2c(C3CC3)nccc2s1. The number of nitrogens with one attached hydrogen (secondary N) is 2. The van der Waals surface area contributed by atoms with E-state index in [4.69, 9.17) is 4.98 Å². The Labute approximate surface area is 289 Å². The van der Waals surface area contributed by atoms with Gasteiger partial charge in [0.15, 0.2) is 33.1 Å². The van der Waals surface area contributed by atoms with Crippen LogP contribution in [0, 0.1) is 48.9 Å². The molecule has 8 nitrogen and oxygen atoms in total. The van der Waals surface area contributed by atoms with Gasteiger partial charge in [0.05, 0.1) is 43.9 Å². The molecule has 0 bridgehead atoms. The van der Waals surface area contributed by atoms with Gasteiger partial charge in [-0.2, -0.15) is 4.98 Å². The number of halogens is 5. The minimum atomic E-state index is -3.66. The van der Waals surface area contributed by atoms with Gasteiger partial charge in [-0.25, -0.2) is 40.3 Å². The monoisotopic (exact) mass is 728 g/mol. The zero-order valence-electron chi connectivity index (χ0n) is 27.3. The second-order valence-corrected chi connectivity index (χ2v) is 16.2. The van der Waals surface area contributed by atoms with Crippen LogP contribution in [-0.2, 0) is 9.84 Å². The van der Waals surface area contributed by atoms with E-state index in [0.29, 0.717) is 47.3 Å². The van der Waals surface area contributed by atoms with E-state index in [1.54, 1.807) is 13.1 Å². The molecule has 2 aliphatic carbocycles. The van der Waals surface area contributed by atoms with Gasteiger partial charge >= 0.3 is 0 Å². The molecule has 3 atom stereocenters. The summed E-state index contributed by atoms with van der Waals surface area (Å²) in [5, 5.41) is 6.89. The molecular weight excluding hydrogens is 696 g/mol. The quantitative estimate of drug-likeness (QED) is 0.0837. The average molecular weight is 729 g/mol. The van der Waals surface area contributed by atoms with Crippen LogP contribution in [0.2, 0.25) is 0 Å². The molecule has 0 spiro atoms. The van der Waals surface area contributed by atoms with E-state index in [1.807, 2.05) is 6.07 Å². The summed E-state index contributed by atoms with van der Waals surface area (Å²) in [5.41, 5.74) is 1.24. The van der Waals surface area contributed by atoms with Crippen molar-refractivity contribution in [2.75, 3.05) is 16.4 Å². The van der Waals surface area contributed by atoms with E-state index in [9.17, 15) is 30.4 Å². The summed E-state index contributed by atoms with van der Waals surface area (Å²) in [4.78, 5) is 18.9. The number of aryl methyl sites for hydroxylation is 1. The number of hydrogen-bond donors (Lipinski definition) is 2. The maximum absolute atomic E-state index is 14.9. The molecule has 262 valence electrons. The van der Waals surface area contributed by atoms with Crippen molar-refractivity contribution in [3.05, 3.63) is 88.1 Å². The molecule has 0 amide bonds. The topological polar surface area (TPSA) is 110 Å². The van der Waals surface area contributed by atoms with Crippen molar-refractivity contribution >= 4 is 43.2 Å². The Bertz CT molecular complexity index is 2200. The van der Waals surface area contributed by atoms with Crippen LogP contribution in [0.15, 0.2) is 41.4 Å². The number of aromatic nitrogens is 4. The minimum absolute atomic E-state index is 0.0451. The van der Waals surface area contributed by atoms with Gasteiger partial charge in [-0.1, -0.05) is 0 Å². The van der Waals surface area contributed by atoms with Crippen molar-refractivity contribution in [3.63, 3.8) is 0 Å². The maximum Gasteiger partial charge on any atom is 0.225 e. The van der Waals surface area contributed by atoms with E-state index >= 15 is 0 Å². The molecule has 3 heterocycles. The standard InChI is InChI=1S/C35H33F5N6O2S2/c1-16-27(37)29(39)25(30(40)28(16)38)17(2)42-35-43-18(3)26(34-45-32-24(49-34)12-13-41-31(32)20-5-6-20)33(46-35)44-22-9-4-19(14-22)15-50(47,48)23-10-7-21(36)8-11-23/h7-8,10-13,17,19-20,22H,4-6,9,14-15H2,1-3H3,(H2,42,43,44,46). The smallest absolute Gasteiger partial charge is 0.225 e. The first-order valence-electron chi connectivity index (χ1n) is 16.3. The van der Waals surface area contributed by atoms with Crippen molar-refractivity contribution in [2.45, 2.75) is 75.8 Å². The van der Waals surface area contributed by atoms with E-state index in [2.05, 4.69) is 25.6 Å². The molecule has 2 aliphatic rings. The third kappa shape index (κ3) is 6.52. The maximum atomic E-state index is 14.9. The number of anilines is 2. The lowest BCUT2D eigenvalue weighted by atomic mass is 10.0. The summed E-state index contributed by atoms with van der Waals surface area (Å²) in [6.07, 6.45) is 5.59. The molecule has 3 unspecified atom stereocenters. The Morgan fingerprint density at radius 2 is 1.60 bits per heavy atom. The van der Waals surface area contributed by atoms with Crippen LogP contribution >= 0.6 is 11.3 Å². The first-order valence-corrected chi connectivity index (χ1v) is 18.8. The molecule has 2 N–H and O–H groups in total. The summed E-state index contributed by atoms with van der Waals surface area (Å²) >= 11 is 1.45. The van der Waals surface area contributed by atoms with Crippen LogP contribution in [0.5, 0.6) is 0 Å². The Morgan fingerprint density at radius 1 is 0.900 bits per heavy atom. The molecule has 3 aromatic heterocycles. The normalized spacial score (nSPS) is 18.5. The lowest BCUT2D eigenvalue weighted by molar-refractivity contribution is 0.425. The van der Waals surface area contributed by atoms with E-state index in [1.165, 1.54) is 30.4 Å². The molecule has 0 radical (unpaired) electrons. The first-order chi connectivity index (χ1) is 23.8. The van der Waals surface area contributed by atoms with Crippen LogP contribution in [0.4, 0.5) is 33.7 Å². The summed E-state index contributed by atoms with van der Waals surface area (Å²) in [6, 6.07) is 5.21. The van der Waals surface area contributed by atoms with E-state index in [-0.39, 0.29) is 28.6 Å². The summed E-state index contributed by atoms with van der Waals surface area (Å²) in [5.74, 6) is -6.09. The number of thiazole rings is 1. The Kier molecular flexibility index (Phi) is 8.99. The minimum Gasteiger partial charge on any atom is -0.367 e. The average Bonchev–Trinajstić information content (AvgIpc) is 3.68. The molecule has 2 aromatic carbocycles. The molecule has 0 saturated heterocycles. The van der Waals surface area contributed by atoms with Gasteiger partial charge in [0.2, 0.25) is 5.95 Å². The second kappa shape index (κ2) is 13.1. The number of fused-ring (bicyclic) bond motifs is 1. The molecule has 15 heteroatoms. The summed E-state index contributed by atoms with van der Waals surface area (Å²) in [6.45, 7) is 4.04. The Balaban J connectivity index is 1.21. The number of sulfone groups is 1. The number of hydrogen-bond acceptors (Lipinski definition) is 9. The predicted molar refractivity (Wildman–Crippen MR) is 181 cm³/mol. The largest absolute Gasteiger partial charge is 0.367 e. The lowest BCUT2D eigenvalue weighted by Gasteiger charge is -2.21. The van der Waals surface area contributed by atoms with Crippen molar-refractivity contribution in [2.24, 2.45) is 5.92 Å². The summed E-state index contributed by atoms with van der Waals surface area (Å²) < 4.78 is 99.2. The second-order valence-electron chi connectivity index (χ2n) is 13.1. The Morgan fingerprint density at radius 3 is 2.28 bits per heavy atom. The molecule has 0 aliphatic heterocycles. The van der Waals surface area contributed by atoms with Crippen LogP contribution < -0.4 is 10.6 Å². The predicted octanol–water partition coefficient (Wildman–Crippen LogP) is 8.57. The van der Waals surface area contributed by atoms with Gasteiger partial charge in [-0.05, 0) is 89.1 Å². The van der Waals surface area contributed by atoms with Crippen molar-refractivity contribution in [3.8, 4) is 10.6 Å². The van der Waals surface area contributed by atoms with Gasteiger partial charge in [-0.3, -0.25) is 4.98 Å². The third-order valence-corrected chi connectivity index (χ3v) is 12.3. The van der Waals surface area contributed by atoms with Crippen molar-refractivity contribution < 1.29 is 30.4 Å². The van der Waals surface area contributed by atoms with Crippen LogP contribution in [-0.4, -0.2) is 40.1 Å². The first kappa shape index (κ1) is 34.2. The highest BCUT2D eigenvalue weighted by Crippen LogP contribution is 2.45. The van der Waals surface area contributed by atoms with E-state index in [0.717, 1.165) is 47.8 Å². The van der Waals surface area contributed by atoms with Crippen LogP contribution in [0.3, 0.4) is 0 Å². The molecule has 50 heavy (non-hydrogen) atoms. The fourth-order valence-corrected chi connectivity index (χ4v) is 9.37. The number of rotatable bonds is 10. The molecular formula is C35H33F5N6O2S2. The van der Waals surface area contributed by atoms with Crippen LogP contribution in [0.1, 0.15) is 73.5 Å². The highest BCUT2D eigenvalue weighted by molar-refractivity contribution is 7.91. The third-order valence-electron chi connectivity index (χ3n) is 9.41. The number of benzene rings is 2. The van der Waals surface area contributed by atoms with Gasteiger partial charge in [0.1, 0.15) is 22.2 Å². The zero-order valence-corrected chi connectivity index (χ0v) is 29.0.